The third kappa shape index (κ3) is 3.29. The molecule has 2 nitrogen and oxygen atoms in total. The quantitative estimate of drug-likeness (QED) is 0.256. The van der Waals surface area contributed by atoms with Gasteiger partial charge in [0.2, 0.25) is 0 Å². The van der Waals surface area contributed by atoms with Gasteiger partial charge in [-0.3, -0.25) is 4.98 Å². The number of pyridine rings is 1. The first-order valence-corrected chi connectivity index (χ1v) is 11.4. The van der Waals surface area contributed by atoms with E-state index in [9.17, 15) is 0 Å². The molecule has 0 aliphatic heterocycles. The first-order valence-electron chi connectivity index (χ1n) is 12.4. The first kappa shape index (κ1) is 17.9. The molecule has 0 N–H and O–H groups in total. The summed E-state index contributed by atoms with van der Waals surface area (Å²) in [5, 5.41) is 6.72. The lowest BCUT2D eigenvalue weighted by molar-refractivity contribution is 0.410. The summed E-state index contributed by atoms with van der Waals surface area (Å²) in [6.07, 6.45) is 0.268. The summed E-state index contributed by atoms with van der Waals surface area (Å²) in [6, 6.07) is 25.0. The van der Waals surface area contributed by atoms with Crippen LogP contribution in [0, 0.1) is 12.3 Å². The van der Waals surface area contributed by atoms with Crippen LogP contribution < -0.4 is 0 Å². The van der Waals surface area contributed by atoms with Crippen LogP contribution in [0.15, 0.2) is 83.4 Å². The minimum absolute atomic E-state index is 0.554. The van der Waals surface area contributed by atoms with E-state index in [0.717, 1.165) is 49.5 Å². The molecule has 4 aromatic carbocycles. The van der Waals surface area contributed by atoms with Crippen molar-refractivity contribution in [3.63, 3.8) is 0 Å². The van der Waals surface area contributed by atoms with Gasteiger partial charge in [-0.25, -0.2) is 0 Å². The third-order valence-corrected chi connectivity index (χ3v) is 6.26. The molecule has 0 fully saturated rings. The molecule has 2 heteroatoms. The number of rotatable bonds is 2. The van der Waals surface area contributed by atoms with Crippen LogP contribution in [0.2, 0.25) is 0 Å². The van der Waals surface area contributed by atoms with Crippen LogP contribution in [0.4, 0.5) is 0 Å². The summed E-state index contributed by atoms with van der Waals surface area (Å²) in [7, 11) is 0. The highest BCUT2D eigenvalue weighted by Gasteiger charge is 2.18. The van der Waals surface area contributed by atoms with E-state index in [1.165, 1.54) is 10.8 Å². The molecule has 0 saturated carbocycles. The summed E-state index contributed by atoms with van der Waals surface area (Å²) < 4.78 is 24.4. The van der Waals surface area contributed by atoms with Gasteiger partial charge < -0.3 is 4.42 Å². The maximum absolute atomic E-state index is 8.85. The Morgan fingerprint density at radius 2 is 1.55 bits per heavy atom. The van der Waals surface area contributed by atoms with Gasteiger partial charge in [0.15, 0.2) is 0 Å². The summed E-state index contributed by atoms with van der Waals surface area (Å²) in [5.41, 5.74) is 4.21. The fourth-order valence-electron chi connectivity index (χ4n) is 4.75. The van der Waals surface area contributed by atoms with Crippen LogP contribution in [0.1, 0.15) is 34.6 Å². The number of nitrogens with zero attached hydrogens (tertiary/aromatic N) is 1. The van der Waals surface area contributed by atoms with Crippen LogP contribution in [-0.2, 0) is 6.37 Å². The molecule has 0 radical (unpaired) electrons. The van der Waals surface area contributed by atoms with Crippen LogP contribution in [0.5, 0.6) is 0 Å². The van der Waals surface area contributed by atoms with Gasteiger partial charge in [0.25, 0.3) is 0 Å². The van der Waals surface area contributed by atoms with Crippen molar-refractivity contribution in [2.45, 2.75) is 34.1 Å². The lowest BCUT2D eigenvalue weighted by atomic mass is 9.86. The Morgan fingerprint density at radius 3 is 2.39 bits per heavy atom. The van der Waals surface area contributed by atoms with E-state index in [1.54, 1.807) is 6.20 Å². The predicted octanol–water partition coefficient (Wildman–Crippen LogP) is 8.85. The van der Waals surface area contributed by atoms with Crippen molar-refractivity contribution in [1.82, 2.24) is 4.98 Å². The lowest BCUT2D eigenvalue weighted by Gasteiger charge is -2.20. The van der Waals surface area contributed by atoms with E-state index in [1.807, 2.05) is 45.9 Å². The van der Waals surface area contributed by atoms with E-state index in [-0.39, 0.29) is 0 Å². The smallest absolute Gasteiger partial charge is 0.144 e. The summed E-state index contributed by atoms with van der Waals surface area (Å²) in [6.45, 7) is 7.72. The molecule has 0 bridgehead atoms. The normalized spacial score (nSPS) is 13.7. The van der Waals surface area contributed by atoms with Gasteiger partial charge in [-0.1, -0.05) is 75.4 Å². The van der Waals surface area contributed by atoms with Crippen molar-refractivity contribution in [2.24, 2.45) is 5.41 Å². The molecule has 6 rings (SSSR count). The number of furan rings is 1. The minimum Gasteiger partial charge on any atom is -0.455 e. The minimum atomic E-state index is -1.51. The summed E-state index contributed by atoms with van der Waals surface area (Å²) in [4.78, 5) is 4.71. The van der Waals surface area contributed by atoms with Crippen LogP contribution in [0.3, 0.4) is 0 Å². The van der Waals surface area contributed by atoms with Crippen molar-refractivity contribution < 1.29 is 7.16 Å². The molecule has 2 heterocycles. The summed E-state index contributed by atoms with van der Waals surface area (Å²) in [5.74, 6) is 0. The standard InChI is InChI=1S/C31H27NO/c1-19-18-32-27(16-22(19)17-31(2,3)4)26-11-7-10-24-25-15-14-21-13-12-20-8-5-6-9-23(20)28(21)30(25)33-29(24)26/h5-16,18H,17H2,1-4H3/i17D2. The van der Waals surface area contributed by atoms with E-state index < -0.39 is 11.8 Å². The lowest BCUT2D eigenvalue weighted by Crippen LogP contribution is -2.10. The maximum Gasteiger partial charge on any atom is 0.144 e. The van der Waals surface area contributed by atoms with Gasteiger partial charge >= 0.3 is 0 Å². The number of hydrogen-bond acceptors (Lipinski definition) is 2. The molecule has 0 aliphatic carbocycles. The van der Waals surface area contributed by atoms with Gasteiger partial charge in [0, 0.05) is 30.7 Å². The second-order valence-corrected chi connectivity index (χ2v) is 9.87. The third-order valence-electron chi connectivity index (χ3n) is 6.26. The zero-order valence-electron chi connectivity index (χ0n) is 21.4. The number of para-hydroxylation sites is 1. The number of fused-ring (bicyclic) bond motifs is 7. The predicted molar refractivity (Wildman–Crippen MR) is 140 cm³/mol. The Kier molecular flexibility index (Phi) is 3.88. The SMILES string of the molecule is [2H]C([2H])(c1cc(-c2cccc3c2oc2c3ccc3ccc4ccccc4c32)ncc1C)C(C)(C)C. The highest BCUT2D eigenvalue weighted by molar-refractivity contribution is 6.23. The molecular weight excluding hydrogens is 402 g/mol. The van der Waals surface area contributed by atoms with E-state index in [2.05, 4.69) is 54.6 Å². The average molecular weight is 432 g/mol. The zero-order chi connectivity index (χ0) is 24.5. The van der Waals surface area contributed by atoms with Gasteiger partial charge in [0.1, 0.15) is 11.2 Å². The highest BCUT2D eigenvalue weighted by Crippen LogP contribution is 2.40. The highest BCUT2D eigenvalue weighted by atomic mass is 16.3. The fourth-order valence-corrected chi connectivity index (χ4v) is 4.75. The van der Waals surface area contributed by atoms with Crippen molar-refractivity contribution in [1.29, 1.82) is 0 Å². The van der Waals surface area contributed by atoms with E-state index >= 15 is 0 Å². The fraction of sp³-hybridized carbons (Fsp3) is 0.194. The Bertz CT molecular complexity index is 1770. The molecule has 0 amide bonds. The number of aryl methyl sites for hydroxylation is 1. The molecule has 162 valence electrons. The van der Waals surface area contributed by atoms with E-state index in [4.69, 9.17) is 12.1 Å². The van der Waals surface area contributed by atoms with Gasteiger partial charge in [-0.15, -0.1) is 0 Å². The van der Waals surface area contributed by atoms with Crippen molar-refractivity contribution in [3.8, 4) is 11.3 Å². The number of hydrogen-bond donors (Lipinski definition) is 0. The van der Waals surface area contributed by atoms with Gasteiger partial charge in [0.05, 0.1) is 5.69 Å². The number of benzene rings is 4. The first-order chi connectivity index (χ1) is 16.7. The molecular formula is C31H27NO. The Labute approximate surface area is 196 Å². The van der Waals surface area contributed by atoms with Crippen LogP contribution >= 0.6 is 0 Å². The monoisotopic (exact) mass is 431 g/mol. The Balaban J connectivity index is 1.66. The van der Waals surface area contributed by atoms with Gasteiger partial charge in [-0.05, 0) is 64.2 Å². The van der Waals surface area contributed by atoms with Crippen LogP contribution in [-0.4, -0.2) is 4.98 Å². The zero-order valence-corrected chi connectivity index (χ0v) is 19.4. The maximum atomic E-state index is 8.85. The molecule has 6 aromatic rings. The van der Waals surface area contributed by atoms with Crippen LogP contribution in [0.25, 0.3) is 54.7 Å². The van der Waals surface area contributed by atoms with Crippen molar-refractivity contribution in [3.05, 3.63) is 90.1 Å². The number of aromatic nitrogens is 1. The second-order valence-electron chi connectivity index (χ2n) is 9.87. The Morgan fingerprint density at radius 1 is 0.818 bits per heavy atom. The molecule has 0 spiro atoms. The molecule has 0 atom stereocenters. The van der Waals surface area contributed by atoms with Crippen molar-refractivity contribution >= 4 is 43.5 Å². The van der Waals surface area contributed by atoms with E-state index in [0.29, 0.717) is 5.56 Å². The molecule has 0 unspecified atom stereocenters. The molecule has 2 aromatic heterocycles. The van der Waals surface area contributed by atoms with Crippen molar-refractivity contribution in [2.75, 3.05) is 0 Å². The molecule has 33 heavy (non-hydrogen) atoms. The molecule has 0 saturated heterocycles. The average Bonchev–Trinajstić information content (AvgIpc) is 3.22. The Hall–Kier alpha value is -3.65. The second kappa shape index (κ2) is 7.18. The molecule has 0 aliphatic rings. The largest absolute Gasteiger partial charge is 0.455 e. The summed E-state index contributed by atoms with van der Waals surface area (Å²) >= 11 is 0. The van der Waals surface area contributed by atoms with Gasteiger partial charge in [-0.2, -0.15) is 0 Å². The topological polar surface area (TPSA) is 26.0 Å².